The van der Waals surface area contributed by atoms with Crippen molar-refractivity contribution in [1.29, 1.82) is 0 Å². The molecule has 0 radical (unpaired) electrons. The monoisotopic (exact) mass is 361 g/mol. The molecule has 8 heteroatoms. The van der Waals surface area contributed by atoms with Crippen LogP contribution in [-0.4, -0.2) is 55.2 Å². The molecular weight excluding hydrogens is 336 g/mol. The number of ether oxygens (including phenoxy) is 1. The number of benzene rings is 1. The molecule has 0 bridgehead atoms. The number of fused-ring (bicyclic) bond motifs is 3. The first-order valence-electron chi connectivity index (χ1n) is 8.85. The predicted octanol–water partition coefficient (Wildman–Crippen LogP) is 0.770. The summed E-state index contributed by atoms with van der Waals surface area (Å²) in [7, 11) is 3.44. The Bertz CT molecular complexity index is 810. The number of nitrogens with zero attached hydrogens (tertiary/aromatic N) is 2. The summed E-state index contributed by atoms with van der Waals surface area (Å²) in [5.74, 6) is -0.575. The van der Waals surface area contributed by atoms with Gasteiger partial charge >= 0.3 is 12.0 Å². The Hall–Kier alpha value is -2.16. The highest BCUT2D eigenvalue weighted by molar-refractivity contribution is 5.85. The number of carbonyl (C=O) groups is 2. The molecule has 26 heavy (non-hydrogen) atoms. The molecule has 3 aliphatic rings. The lowest BCUT2D eigenvalue weighted by Crippen LogP contribution is -2.49. The number of carbonyl (C=O) groups excluding carboxylic acids is 2. The number of amides is 2. The highest BCUT2D eigenvalue weighted by Gasteiger charge is 2.62. The molecule has 4 atom stereocenters. The van der Waals surface area contributed by atoms with Gasteiger partial charge in [-0.05, 0) is 30.7 Å². The smallest absolute Gasteiger partial charge is 0.406 e. The van der Waals surface area contributed by atoms with Gasteiger partial charge in [-0.3, -0.25) is 5.32 Å². The van der Waals surface area contributed by atoms with Crippen molar-refractivity contribution in [3.05, 3.63) is 29.3 Å². The van der Waals surface area contributed by atoms with Crippen molar-refractivity contribution < 1.29 is 24.2 Å². The van der Waals surface area contributed by atoms with Gasteiger partial charge in [0, 0.05) is 23.7 Å². The van der Waals surface area contributed by atoms with Crippen molar-refractivity contribution in [1.82, 2.24) is 5.32 Å². The van der Waals surface area contributed by atoms with Gasteiger partial charge in [-0.1, -0.05) is 13.0 Å². The number of likely N-dealkylation sites (N-methyl/N-ethyl adjacent to an activating group) is 2. The van der Waals surface area contributed by atoms with Crippen LogP contribution in [0, 0.1) is 0 Å². The molecule has 0 saturated carbocycles. The molecule has 3 heterocycles. The molecule has 2 saturated heterocycles. The quantitative estimate of drug-likeness (QED) is 0.531. The molecular formula is C18H25N4O4+. The summed E-state index contributed by atoms with van der Waals surface area (Å²) in [5.41, 5.74) is 6.41. The fraction of sp³-hybridized carbons (Fsp3) is 0.556. The summed E-state index contributed by atoms with van der Waals surface area (Å²) in [5, 5.41) is 13.9. The fourth-order valence-corrected chi connectivity index (χ4v) is 4.93. The summed E-state index contributed by atoms with van der Waals surface area (Å²) >= 11 is 0. The molecule has 2 fully saturated rings. The van der Waals surface area contributed by atoms with Crippen LogP contribution in [0.1, 0.15) is 30.9 Å². The number of likely N-dealkylation sites (tertiary alicyclic amines) is 1. The van der Waals surface area contributed by atoms with E-state index in [1.807, 2.05) is 19.2 Å². The molecule has 0 spiro atoms. The van der Waals surface area contributed by atoms with Crippen molar-refractivity contribution in [3.8, 4) is 0 Å². The van der Waals surface area contributed by atoms with Crippen LogP contribution in [0.4, 0.5) is 10.5 Å². The normalized spacial score (nSPS) is 38.4. The molecule has 4 N–H and O–H groups in total. The largest absolute Gasteiger partial charge is 0.423 e. The topological polar surface area (TPSA) is 105 Å². The van der Waals surface area contributed by atoms with Crippen molar-refractivity contribution in [3.63, 3.8) is 0 Å². The van der Waals surface area contributed by atoms with Gasteiger partial charge in [0.05, 0.1) is 12.6 Å². The van der Waals surface area contributed by atoms with E-state index in [-0.39, 0.29) is 24.5 Å². The van der Waals surface area contributed by atoms with E-state index in [0.717, 1.165) is 24.2 Å². The van der Waals surface area contributed by atoms with Crippen LogP contribution in [0.25, 0.3) is 0 Å². The van der Waals surface area contributed by atoms with E-state index in [1.54, 1.807) is 6.07 Å². The van der Waals surface area contributed by atoms with Gasteiger partial charge in [-0.25, -0.2) is 14.8 Å². The molecule has 1 aromatic carbocycles. The van der Waals surface area contributed by atoms with Gasteiger partial charge < -0.3 is 15.4 Å². The van der Waals surface area contributed by atoms with Gasteiger partial charge in [-0.2, -0.15) is 0 Å². The first kappa shape index (κ1) is 17.3. The molecule has 3 aliphatic heterocycles. The Morgan fingerprint density at radius 2 is 2.19 bits per heavy atom. The second-order valence-electron chi connectivity index (χ2n) is 8.03. The molecule has 8 nitrogen and oxygen atoms in total. The second-order valence-corrected chi connectivity index (χ2v) is 8.03. The molecule has 1 unspecified atom stereocenters. The van der Waals surface area contributed by atoms with E-state index in [4.69, 9.17) is 10.5 Å². The van der Waals surface area contributed by atoms with Crippen LogP contribution in [-0.2, 0) is 20.5 Å². The number of hydrogen-bond donors (Lipinski definition) is 3. The van der Waals surface area contributed by atoms with Gasteiger partial charge in [0.1, 0.15) is 13.6 Å². The molecule has 2 amide bonds. The standard InChI is InChI=1S/C18H24N4O4/c1-17-6-8-20-14(17)21(2)13-5-4-11(10-12(13)17)18(26-16(19)24)7-9-22(3,25)15(18)23/h4-5,10,14,20,25H,6-9H2,1-3H3,(H-,19,24)/p+1/t14?,17-,18+,22+/m0/s1. The number of nitrogens with two attached hydrogens (primary N) is 1. The number of anilines is 1. The lowest BCUT2D eigenvalue weighted by molar-refractivity contribution is -1.02. The maximum atomic E-state index is 12.9. The highest BCUT2D eigenvalue weighted by atomic mass is 16.6. The third-order valence-electron chi connectivity index (χ3n) is 6.39. The van der Waals surface area contributed by atoms with Gasteiger partial charge in [0.15, 0.2) is 0 Å². The third-order valence-corrected chi connectivity index (χ3v) is 6.39. The Kier molecular flexibility index (Phi) is 3.44. The van der Waals surface area contributed by atoms with Gasteiger partial charge in [-0.15, -0.1) is 4.65 Å². The summed E-state index contributed by atoms with van der Waals surface area (Å²) in [6.45, 7) is 3.28. The lowest BCUT2D eigenvalue weighted by Gasteiger charge is -2.28. The van der Waals surface area contributed by atoms with E-state index < -0.39 is 22.2 Å². The third kappa shape index (κ3) is 2.06. The minimum atomic E-state index is -1.55. The van der Waals surface area contributed by atoms with Gasteiger partial charge in [0.2, 0.25) is 0 Å². The van der Waals surface area contributed by atoms with Crippen LogP contribution in [0.5, 0.6) is 0 Å². The Morgan fingerprint density at radius 3 is 2.81 bits per heavy atom. The molecule has 0 aliphatic carbocycles. The minimum absolute atomic E-state index is 0.0902. The first-order valence-corrected chi connectivity index (χ1v) is 8.85. The number of hydrogen-bond acceptors (Lipinski definition) is 6. The zero-order chi connectivity index (χ0) is 18.9. The van der Waals surface area contributed by atoms with Crippen LogP contribution in [0.2, 0.25) is 0 Å². The summed E-state index contributed by atoms with van der Waals surface area (Å²) in [6.07, 6.45) is 0.335. The van der Waals surface area contributed by atoms with E-state index in [2.05, 4.69) is 17.1 Å². The maximum Gasteiger partial charge on any atom is 0.406 e. The second kappa shape index (κ2) is 5.18. The van der Waals surface area contributed by atoms with Crippen molar-refractivity contribution >= 4 is 17.7 Å². The zero-order valence-electron chi connectivity index (χ0n) is 15.3. The average molecular weight is 361 g/mol. The minimum Gasteiger partial charge on any atom is -0.423 e. The van der Waals surface area contributed by atoms with Crippen molar-refractivity contribution in [2.24, 2.45) is 5.73 Å². The predicted molar refractivity (Wildman–Crippen MR) is 93.4 cm³/mol. The zero-order valence-corrected chi connectivity index (χ0v) is 15.3. The fourth-order valence-electron chi connectivity index (χ4n) is 4.93. The Balaban J connectivity index is 1.86. The van der Waals surface area contributed by atoms with E-state index in [1.165, 1.54) is 7.05 Å². The van der Waals surface area contributed by atoms with Crippen LogP contribution < -0.4 is 16.0 Å². The number of nitrogens with one attached hydrogen (secondary N) is 1. The Labute approximate surface area is 152 Å². The molecule has 140 valence electrons. The summed E-state index contributed by atoms with van der Waals surface area (Å²) < 4.78 is 4.52. The highest BCUT2D eigenvalue weighted by Crippen LogP contribution is 2.50. The van der Waals surface area contributed by atoms with Gasteiger partial charge in [0.25, 0.3) is 5.60 Å². The molecule has 4 rings (SSSR count). The number of quaternary nitrogens is 1. The SMILES string of the molecule is CN1c2ccc([C@]3(OC(N)=O)CC[N@@+](C)(O)C3=O)cc2[C@]2(C)CCNC12. The lowest BCUT2D eigenvalue weighted by atomic mass is 9.79. The number of rotatable bonds is 2. The van der Waals surface area contributed by atoms with Crippen LogP contribution >= 0.6 is 0 Å². The maximum absolute atomic E-state index is 12.9. The van der Waals surface area contributed by atoms with Crippen LogP contribution in [0.3, 0.4) is 0 Å². The number of primary amides is 1. The van der Waals surface area contributed by atoms with Crippen molar-refractivity contribution in [2.75, 3.05) is 32.1 Å². The Morgan fingerprint density at radius 1 is 1.46 bits per heavy atom. The van der Waals surface area contributed by atoms with E-state index in [9.17, 15) is 14.8 Å². The van der Waals surface area contributed by atoms with E-state index >= 15 is 0 Å². The number of hydroxylamine groups is 3. The molecule has 1 aromatic rings. The summed E-state index contributed by atoms with van der Waals surface area (Å²) in [4.78, 5) is 26.7. The van der Waals surface area contributed by atoms with Crippen LogP contribution in [0.15, 0.2) is 18.2 Å². The van der Waals surface area contributed by atoms with E-state index in [0.29, 0.717) is 5.56 Å². The van der Waals surface area contributed by atoms with Crippen molar-refractivity contribution in [2.45, 2.75) is 36.9 Å². The summed E-state index contributed by atoms with van der Waals surface area (Å²) in [6, 6.07) is 5.70. The first-order chi connectivity index (χ1) is 12.1. The molecule has 0 aromatic heterocycles. The average Bonchev–Trinajstić information content (AvgIpc) is 3.14.